The summed E-state index contributed by atoms with van der Waals surface area (Å²) in [7, 11) is 0. The third-order valence-electron chi connectivity index (χ3n) is 10.1. The van der Waals surface area contributed by atoms with Gasteiger partial charge in [-0.2, -0.15) is 0 Å². The molecule has 47 heavy (non-hydrogen) atoms. The first-order chi connectivity index (χ1) is 22.2. The predicted molar refractivity (Wildman–Crippen MR) is 197 cm³/mol. The summed E-state index contributed by atoms with van der Waals surface area (Å²) in [5, 5.41) is 0. The van der Waals surface area contributed by atoms with Crippen LogP contribution in [0.1, 0.15) is 111 Å². The van der Waals surface area contributed by atoms with Crippen molar-refractivity contribution in [2.45, 2.75) is 94.4 Å². The smallest absolute Gasteiger partial charge is 0.657 e. The van der Waals surface area contributed by atoms with Gasteiger partial charge in [-0.05, 0) is 106 Å². The molecule has 0 radical (unpaired) electrons. The van der Waals surface area contributed by atoms with E-state index < -0.39 is 0 Å². The Bertz CT molecular complexity index is 2090. The Morgan fingerprint density at radius 2 is 1.11 bits per heavy atom. The molecule has 0 saturated carbocycles. The molecule has 1 aromatic carbocycles. The quantitative estimate of drug-likeness (QED) is 0.143. The van der Waals surface area contributed by atoms with Crippen LogP contribution in [0, 0.1) is 20.8 Å². The number of hydrogen-bond donors (Lipinski definition) is 0. The predicted octanol–water partition coefficient (Wildman–Crippen LogP) is 10.8. The third kappa shape index (κ3) is 5.85. The number of rotatable bonds is 7. The number of allylic oxidation sites excluding steroid dienone is 4. The van der Waals surface area contributed by atoms with Crippen LogP contribution in [-0.4, -0.2) is 15.8 Å². The van der Waals surface area contributed by atoms with Crippen LogP contribution in [0.5, 0.6) is 0 Å². The summed E-state index contributed by atoms with van der Waals surface area (Å²) in [5.41, 5.74) is 22.5. The van der Waals surface area contributed by atoms with Gasteiger partial charge in [0.1, 0.15) is 0 Å². The van der Waals surface area contributed by atoms with E-state index in [0.29, 0.717) is 12.3 Å². The average Bonchev–Trinajstić information content (AvgIpc) is 3.73. The van der Waals surface area contributed by atoms with Gasteiger partial charge < -0.3 is 9.97 Å². The van der Waals surface area contributed by atoms with E-state index in [4.69, 9.17) is 31.5 Å². The minimum absolute atomic E-state index is 0. The standard InChI is InChI=1S/C41H45ClN4.Ni/c1-10-28-23(6)33-20-35-25(8)30(12-3)40(45-35)37(27-16-14-22(5)15-17-27)41-31(13-4)26(9)36(46-41)21-34-24(7)29(11-2)39(44-34)32(18-19-42)38(28)43-33;/h14-17,20-21H,10-13,18-19H2,1-9H3;/q-2;+2. The van der Waals surface area contributed by atoms with Gasteiger partial charge >= 0.3 is 16.5 Å². The van der Waals surface area contributed by atoms with Gasteiger partial charge in [0, 0.05) is 5.88 Å². The molecule has 0 amide bonds. The van der Waals surface area contributed by atoms with Gasteiger partial charge in [0.15, 0.2) is 0 Å². The van der Waals surface area contributed by atoms with Crippen molar-refractivity contribution in [3.05, 3.63) is 92.6 Å². The van der Waals surface area contributed by atoms with E-state index in [1.54, 1.807) is 0 Å². The number of aromatic nitrogens is 4. The van der Waals surface area contributed by atoms with Crippen molar-refractivity contribution in [2.24, 2.45) is 0 Å². The maximum Gasteiger partial charge on any atom is 2.00 e. The van der Waals surface area contributed by atoms with Crippen LogP contribution >= 0.6 is 11.6 Å². The van der Waals surface area contributed by atoms with E-state index in [1.807, 2.05) is 0 Å². The van der Waals surface area contributed by atoms with Gasteiger partial charge in [-0.25, -0.2) is 9.97 Å². The van der Waals surface area contributed by atoms with E-state index in [2.05, 4.69) is 98.7 Å². The summed E-state index contributed by atoms with van der Waals surface area (Å²) in [6.07, 6.45) is 4.23. The maximum atomic E-state index is 6.50. The third-order valence-corrected chi connectivity index (χ3v) is 10.3. The van der Waals surface area contributed by atoms with Crippen LogP contribution in [0.2, 0.25) is 0 Å². The molecule has 5 heterocycles. The fourth-order valence-electron chi connectivity index (χ4n) is 7.43. The van der Waals surface area contributed by atoms with Gasteiger partial charge in [-0.15, -0.1) is 33.7 Å². The molecule has 8 bridgehead atoms. The van der Waals surface area contributed by atoms with Gasteiger partial charge in [-0.3, -0.25) is 0 Å². The summed E-state index contributed by atoms with van der Waals surface area (Å²) in [6.45, 7) is 19.9. The topological polar surface area (TPSA) is 54.0 Å². The first-order valence-corrected chi connectivity index (χ1v) is 17.4. The second kappa shape index (κ2) is 14.0. The molecule has 0 spiro atoms. The Kier molecular flexibility index (Phi) is 10.4. The molecule has 0 fully saturated rings. The van der Waals surface area contributed by atoms with Crippen molar-refractivity contribution in [1.82, 2.24) is 19.9 Å². The molecule has 3 aromatic heterocycles. The first kappa shape index (κ1) is 34.9. The van der Waals surface area contributed by atoms with Gasteiger partial charge in [0.05, 0.1) is 22.8 Å². The van der Waals surface area contributed by atoms with Gasteiger partial charge in [-0.1, -0.05) is 91.9 Å². The Hall–Kier alpha value is -3.40. The fourth-order valence-corrected chi connectivity index (χ4v) is 7.62. The zero-order valence-corrected chi connectivity index (χ0v) is 30.9. The molecule has 4 aromatic rings. The minimum atomic E-state index is 0. The number of hydrogen-bond acceptors (Lipinski definition) is 2. The Labute approximate surface area is 295 Å². The largest absolute Gasteiger partial charge is 2.00 e. The number of nitrogens with zero attached hydrogens (tertiary/aromatic N) is 4. The van der Waals surface area contributed by atoms with Crippen molar-refractivity contribution in [1.29, 1.82) is 0 Å². The number of aryl methyl sites for hydroxylation is 6. The van der Waals surface area contributed by atoms with Crippen LogP contribution in [-0.2, 0) is 35.8 Å². The van der Waals surface area contributed by atoms with Crippen molar-refractivity contribution in [2.75, 3.05) is 5.88 Å². The first-order valence-electron chi connectivity index (χ1n) is 16.9. The monoisotopic (exact) mass is 686 g/mol. The maximum absolute atomic E-state index is 6.50. The Morgan fingerprint density at radius 3 is 1.62 bits per heavy atom. The summed E-state index contributed by atoms with van der Waals surface area (Å²) < 4.78 is 0. The van der Waals surface area contributed by atoms with Gasteiger partial charge in [0.25, 0.3) is 0 Å². The average molecular weight is 688 g/mol. The number of benzene rings is 1. The molecule has 0 aliphatic carbocycles. The normalized spacial score (nSPS) is 13.1. The summed E-state index contributed by atoms with van der Waals surface area (Å²) >= 11 is 6.50. The van der Waals surface area contributed by atoms with Gasteiger partial charge in [0.2, 0.25) is 0 Å². The van der Waals surface area contributed by atoms with E-state index in [0.717, 1.165) is 87.2 Å². The SMILES string of the molecule is CCC1=C(C)c2cc3[n-]c(c(CC)c3C)c(-c3ccc(C)cc3)c3nc(cc4[n-]c(c(CCCl)c1n2)c(CC)c4C)C(C)=C3CC.[Ni+2]. The molecule has 0 saturated heterocycles. The van der Waals surface area contributed by atoms with E-state index in [9.17, 15) is 0 Å². The van der Waals surface area contributed by atoms with Crippen LogP contribution < -0.4 is 9.97 Å². The van der Waals surface area contributed by atoms with E-state index in [-0.39, 0.29) is 16.5 Å². The zero-order valence-electron chi connectivity index (χ0n) is 29.2. The summed E-state index contributed by atoms with van der Waals surface area (Å²) in [5.74, 6) is 0.509. The van der Waals surface area contributed by atoms with Crippen LogP contribution in [0.3, 0.4) is 0 Å². The molecule has 0 unspecified atom stereocenters. The second-order valence-electron chi connectivity index (χ2n) is 12.7. The zero-order chi connectivity index (χ0) is 32.9. The van der Waals surface area contributed by atoms with Crippen LogP contribution in [0.25, 0.3) is 55.5 Å². The van der Waals surface area contributed by atoms with Crippen molar-refractivity contribution < 1.29 is 16.5 Å². The molecular formula is C41H45ClN4Ni. The molecule has 0 atom stereocenters. The minimum Gasteiger partial charge on any atom is -0.657 e. The Morgan fingerprint density at radius 1 is 0.617 bits per heavy atom. The molecule has 6 heteroatoms. The molecule has 6 rings (SSSR count). The molecule has 2 aliphatic rings. The Balaban J connectivity index is 0.00000433. The second-order valence-corrected chi connectivity index (χ2v) is 13.0. The van der Waals surface area contributed by atoms with E-state index in [1.165, 1.54) is 50.1 Å². The number of halogens is 1. The summed E-state index contributed by atoms with van der Waals surface area (Å²) in [6, 6.07) is 13.2. The van der Waals surface area contributed by atoms with Crippen LogP contribution in [0.15, 0.2) is 36.4 Å². The van der Waals surface area contributed by atoms with Crippen molar-refractivity contribution in [3.63, 3.8) is 0 Å². The molecule has 2 aliphatic heterocycles. The molecule has 246 valence electrons. The van der Waals surface area contributed by atoms with Crippen molar-refractivity contribution >= 4 is 56.0 Å². The van der Waals surface area contributed by atoms with Crippen molar-refractivity contribution in [3.8, 4) is 11.1 Å². The molecule has 4 nitrogen and oxygen atoms in total. The van der Waals surface area contributed by atoms with Crippen LogP contribution in [0.4, 0.5) is 0 Å². The molecular weight excluding hydrogens is 643 g/mol. The number of fused-ring (bicyclic) bond motifs is 8. The molecule has 0 N–H and O–H groups in total. The fraction of sp³-hybridized carbons (Fsp3) is 0.366. The number of alkyl halides is 1. The van der Waals surface area contributed by atoms with E-state index >= 15 is 0 Å². The summed E-state index contributed by atoms with van der Waals surface area (Å²) in [4.78, 5) is 21.6.